The topological polar surface area (TPSA) is 66.2 Å². The minimum absolute atomic E-state index is 0.221. The van der Waals surface area contributed by atoms with Gasteiger partial charge in [-0.1, -0.05) is 0 Å². The van der Waals surface area contributed by atoms with Crippen LogP contribution < -0.4 is 11.2 Å². The average molecular weight is 303 g/mol. The van der Waals surface area contributed by atoms with Gasteiger partial charge in [0.25, 0.3) is 5.56 Å². The second-order valence-electron chi connectivity index (χ2n) is 5.95. The molecule has 7 nitrogen and oxygen atoms in total. The van der Waals surface area contributed by atoms with E-state index in [1.807, 2.05) is 18.2 Å². The lowest BCUT2D eigenvalue weighted by atomic mass is 10.3. The van der Waals surface area contributed by atoms with E-state index < -0.39 is 0 Å². The Morgan fingerprint density at radius 2 is 1.77 bits per heavy atom. The molecule has 0 N–H and O–H groups in total. The zero-order valence-corrected chi connectivity index (χ0v) is 13.8. The maximum absolute atomic E-state index is 12.7. The zero-order valence-electron chi connectivity index (χ0n) is 13.8. The number of aryl methyl sites for hydroxylation is 2. The highest BCUT2D eigenvalue weighted by Crippen LogP contribution is 2.23. The summed E-state index contributed by atoms with van der Waals surface area (Å²) in [6, 6.07) is 0.221. The molecule has 3 aromatic rings. The molecule has 3 aromatic heterocycles. The molecule has 118 valence electrons. The Morgan fingerprint density at radius 1 is 1.14 bits per heavy atom. The fraction of sp³-hybridized carbons (Fsp3) is 0.533. The number of rotatable bonds is 2. The summed E-state index contributed by atoms with van der Waals surface area (Å²) < 4.78 is 6.67. The van der Waals surface area contributed by atoms with Crippen LogP contribution in [0.25, 0.3) is 16.9 Å². The summed E-state index contributed by atoms with van der Waals surface area (Å²) in [4.78, 5) is 29.6. The molecule has 3 rings (SSSR count). The molecule has 0 amide bonds. The minimum atomic E-state index is -0.328. The zero-order chi connectivity index (χ0) is 16.3. The van der Waals surface area contributed by atoms with Gasteiger partial charge in [0.2, 0.25) is 5.78 Å². The van der Waals surface area contributed by atoms with E-state index in [1.165, 1.54) is 9.13 Å². The Labute approximate surface area is 127 Å². The summed E-state index contributed by atoms with van der Waals surface area (Å²) >= 11 is 0. The van der Waals surface area contributed by atoms with E-state index in [1.54, 1.807) is 14.0 Å². The summed E-state index contributed by atoms with van der Waals surface area (Å²) in [5.41, 5.74) is 2.36. The summed E-state index contributed by atoms with van der Waals surface area (Å²) in [5, 5.41) is 0. The fourth-order valence-electron chi connectivity index (χ4n) is 3.17. The number of hydrogen-bond acceptors (Lipinski definition) is 3. The maximum Gasteiger partial charge on any atom is 0.332 e. The number of nitrogens with zero attached hydrogens (tertiary/aromatic N) is 5. The van der Waals surface area contributed by atoms with Crippen LogP contribution in [0.15, 0.2) is 9.59 Å². The molecule has 3 heterocycles. The second kappa shape index (κ2) is 4.59. The van der Waals surface area contributed by atoms with E-state index in [0.29, 0.717) is 23.5 Å². The van der Waals surface area contributed by atoms with Crippen LogP contribution in [0.2, 0.25) is 0 Å². The van der Waals surface area contributed by atoms with Crippen molar-refractivity contribution in [3.05, 3.63) is 32.2 Å². The van der Waals surface area contributed by atoms with Crippen molar-refractivity contribution in [2.75, 3.05) is 0 Å². The molecule has 0 aliphatic carbocycles. The molecule has 0 aliphatic rings. The summed E-state index contributed by atoms with van der Waals surface area (Å²) in [6.07, 6.45) is 0. The molecule has 7 heteroatoms. The van der Waals surface area contributed by atoms with Crippen molar-refractivity contribution >= 4 is 16.9 Å². The third-order valence-electron chi connectivity index (χ3n) is 4.39. The van der Waals surface area contributed by atoms with Gasteiger partial charge < -0.3 is 4.57 Å². The van der Waals surface area contributed by atoms with Crippen LogP contribution in [-0.2, 0) is 13.6 Å². The van der Waals surface area contributed by atoms with Crippen molar-refractivity contribution in [2.45, 2.75) is 47.2 Å². The molecule has 0 atom stereocenters. The lowest BCUT2D eigenvalue weighted by Crippen LogP contribution is -2.38. The van der Waals surface area contributed by atoms with Crippen LogP contribution in [0.4, 0.5) is 0 Å². The van der Waals surface area contributed by atoms with E-state index >= 15 is 0 Å². The van der Waals surface area contributed by atoms with Gasteiger partial charge in [-0.15, -0.1) is 0 Å². The molecule has 0 fully saturated rings. The summed E-state index contributed by atoms with van der Waals surface area (Å²) in [6.45, 7) is 10.3. The van der Waals surface area contributed by atoms with E-state index in [2.05, 4.69) is 23.4 Å². The molecular formula is C15H21N5O2. The SMILES string of the molecule is CCn1c(=O)c2c(nc3n(C(C)C)c(C)c(C)n23)n(C)c1=O. The molecule has 0 saturated heterocycles. The molecule has 0 unspecified atom stereocenters. The Hall–Kier alpha value is -2.31. The highest BCUT2D eigenvalue weighted by Gasteiger charge is 2.22. The number of imidazole rings is 2. The standard InChI is InChI=1S/C15H21N5O2/c1-7-18-13(21)11-12(17(6)15(18)22)16-14-19(8(2)3)9(4)10(5)20(11)14/h8H,7H2,1-6H3. The third-order valence-corrected chi connectivity index (χ3v) is 4.39. The first-order valence-electron chi connectivity index (χ1n) is 7.50. The van der Waals surface area contributed by atoms with Crippen molar-refractivity contribution in [1.29, 1.82) is 0 Å². The van der Waals surface area contributed by atoms with E-state index in [-0.39, 0.29) is 17.3 Å². The Balaban J connectivity index is 2.68. The fourth-order valence-corrected chi connectivity index (χ4v) is 3.17. The van der Waals surface area contributed by atoms with Gasteiger partial charge in [0.15, 0.2) is 11.2 Å². The predicted octanol–water partition coefficient (Wildman–Crippen LogP) is 1.37. The second-order valence-corrected chi connectivity index (χ2v) is 5.95. The van der Waals surface area contributed by atoms with Crippen molar-refractivity contribution in [1.82, 2.24) is 23.1 Å². The summed E-state index contributed by atoms with van der Waals surface area (Å²) in [5.74, 6) is 0.709. The number of hydrogen-bond donors (Lipinski definition) is 0. The lowest BCUT2D eigenvalue weighted by Gasteiger charge is -2.09. The Kier molecular flexibility index (Phi) is 3.05. The summed E-state index contributed by atoms with van der Waals surface area (Å²) in [7, 11) is 1.66. The van der Waals surface area contributed by atoms with Crippen LogP contribution in [0.3, 0.4) is 0 Å². The molecule has 0 saturated carbocycles. The Morgan fingerprint density at radius 3 is 2.32 bits per heavy atom. The van der Waals surface area contributed by atoms with Gasteiger partial charge in [0.05, 0.1) is 0 Å². The van der Waals surface area contributed by atoms with Crippen LogP contribution >= 0.6 is 0 Å². The monoisotopic (exact) mass is 303 g/mol. The maximum atomic E-state index is 12.7. The van der Waals surface area contributed by atoms with Crippen molar-refractivity contribution < 1.29 is 0 Å². The predicted molar refractivity (Wildman–Crippen MR) is 85.7 cm³/mol. The first kappa shape index (κ1) is 14.6. The van der Waals surface area contributed by atoms with Crippen molar-refractivity contribution in [3.63, 3.8) is 0 Å². The third kappa shape index (κ3) is 1.59. The molecular weight excluding hydrogens is 282 g/mol. The van der Waals surface area contributed by atoms with E-state index in [9.17, 15) is 9.59 Å². The van der Waals surface area contributed by atoms with Crippen LogP contribution in [0, 0.1) is 13.8 Å². The largest absolute Gasteiger partial charge is 0.332 e. The van der Waals surface area contributed by atoms with Gasteiger partial charge >= 0.3 is 5.69 Å². The van der Waals surface area contributed by atoms with E-state index in [0.717, 1.165) is 11.4 Å². The van der Waals surface area contributed by atoms with Gasteiger partial charge in [-0.05, 0) is 34.6 Å². The van der Waals surface area contributed by atoms with Gasteiger partial charge in [-0.2, -0.15) is 4.98 Å². The van der Waals surface area contributed by atoms with Crippen LogP contribution in [-0.4, -0.2) is 23.1 Å². The number of fused-ring (bicyclic) bond motifs is 3. The van der Waals surface area contributed by atoms with E-state index in [4.69, 9.17) is 0 Å². The normalized spacial score (nSPS) is 12.1. The average Bonchev–Trinajstić information content (AvgIpc) is 2.94. The van der Waals surface area contributed by atoms with Gasteiger partial charge in [-0.25, -0.2) is 4.79 Å². The van der Waals surface area contributed by atoms with Crippen molar-refractivity contribution in [2.24, 2.45) is 7.05 Å². The first-order valence-corrected chi connectivity index (χ1v) is 7.50. The molecule has 22 heavy (non-hydrogen) atoms. The molecule has 0 spiro atoms. The highest BCUT2D eigenvalue weighted by molar-refractivity contribution is 5.76. The van der Waals surface area contributed by atoms with Crippen LogP contribution in [0.5, 0.6) is 0 Å². The molecule has 0 aromatic carbocycles. The molecule has 0 radical (unpaired) electrons. The lowest BCUT2D eigenvalue weighted by molar-refractivity contribution is 0.600. The Bertz CT molecular complexity index is 1010. The smallest absolute Gasteiger partial charge is 0.311 e. The molecule has 0 bridgehead atoms. The van der Waals surface area contributed by atoms with Crippen LogP contribution in [0.1, 0.15) is 38.2 Å². The number of aromatic nitrogens is 5. The first-order chi connectivity index (χ1) is 10.3. The van der Waals surface area contributed by atoms with Gasteiger partial charge in [-0.3, -0.25) is 18.3 Å². The minimum Gasteiger partial charge on any atom is -0.311 e. The van der Waals surface area contributed by atoms with Crippen molar-refractivity contribution in [3.8, 4) is 0 Å². The van der Waals surface area contributed by atoms with Gasteiger partial charge in [0, 0.05) is 31.0 Å². The quantitative estimate of drug-likeness (QED) is 0.718. The van der Waals surface area contributed by atoms with Gasteiger partial charge in [0.1, 0.15) is 0 Å². The molecule has 0 aliphatic heterocycles. The highest BCUT2D eigenvalue weighted by atomic mass is 16.2.